The van der Waals surface area contributed by atoms with Gasteiger partial charge in [-0.3, -0.25) is 4.90 Å². The molecule has 0 aliphatic heterocycles. The van der Waals surface area contributed by atoms with E-state index in [0.29, 0.717) is 0 Å². The molecule has 1 aliphatic carbocycles. The van der Waals surface area contributed by atoms with E-state index >= 15 is 0 Å². The number of nitrogens with zero attached hydrogens (tertiary/aromatic N) is 1. The maximum Gasteiger partial charge on any atom is 0.0639 e. The molecule has 1 N–H and O–H groups in total. The van der Waals surface area contributed by atoms with E-state index in [1.807, 2.05) is 6.92 Å². The smallest absolute Gasteiger partial charge is 0.0639 e. The summed E-state index contributed by atoms with van der Waals surface area (Å²) in [5, 5.41) is 9.22. The zero-order chi connectivity index (χ0) is 8.97. The summed E-state index contributed by atoms with van der Waals surface area (Å²) in [5.74, 6) is 0. The lowest BCUT2D eigenvalue weighted by Gasteiger charge is -2.22. The fraction of sp³-hybridized carbons (Fsp3) is 1.00. The van der Waals surface area contributed by atoms with E-state index in [9.17, 15) is 5.11 Å². The van der Waals surface area contributed by atoms with Crippen LogP contribution in [0.3, 0.4) is 0 Å². The largest absolute Gasteiger partial charge is 0.392 e. The Labute approximate surface area is 74.3 Å². The molecule has 0 aromatic rings. The highest BCUT2D eigenvalue weighted by atomic mass is 16.5. The van der Waals surface area contributed by atoms with Crippen LogP contribution >= 0.6 is 0 Å². The van der Waals surface area contributed by atoms with Crippen molar-refractivity contribution in [1.82, 2.24) is 4.90 Å². The summed E-state index contributed by atoms with van der Waals surface area (Å²) in [6.07, 6.45) is 2.36. The zero-order valence-corrected chi connectivity index (χ0v) is 7.99. The standard InChI is InChI=1S/C9H19NO2/c1-8(11)7-10(5-6-12-2)9-3-4-9/h8-9,11H,3-7H2,1-2H3. The predicted octanol–water partition coefficient (Wildman–Crippen LogP) is 0.478. The average Bonchev–Trinajstić information content (AvgIpc) is 2.79. The second-order valence-electron chi connectivity index (χ2n) is 3.57. The van der Waals surface area contributed by atoms with Gasteiger partial charge in [0.05, 0.1) is 12.7 Å². The highest BCUT2D eigenvalue weighted by molar-refractivity contribution is 4.85. The number of hydrogen-bond donors (Lipinski definition) is 1. The minimum absolute atomic E-state index is 0.220. The first-order valence-electron chi connectivity index (χ1n) is 4.65. The quantitative estimate of drug-likeness (QED) is 0.634. The molecule has 0 heterocycles. The third kappa shape index (κ3) is 3.52. The van der Waals surface area contributed by atoms with Crippen molar-refractivity contribution in [3.05, 3.63) is 0 Å². The first kappa shape index (κ1) is 9.96. The summed E-state index contributed by atoms with van der Waals surface area (Å²) in [6.45, 7) is 4.34. The Hall–Kier alpha value is -0.120. The molecular weight excluding hydrogens is 154 g/mol. The van der Waals surface area contributed by atoms with Gasteiger partial charge in [-0.2, -0.15) is 0 Å². The summed E-state index contributed by atoms with van der Waals surface area (Å²) in [4.78, 5) is 2.31. The summed E-state index contributed by atoms with van der Waals surface area (Å²) < 4.78 is 5.01. The number of ether oxygens (including phenoxy) is 1. The monoisotopic (exact) mass is 173 g/mol. The summed E-state index contributed by atoms with van der Waals surface area (Å²) in [5.41, 5.74) is 0. The number of methoxy groups -OCH3 is 1. The number of hydrogen-bond acceptors (Lipinski definition) is 3. The van der Waals surface area contributed by atoms with E-state index < -0.39 is 0 Å². The molecule has 0 aromatic carbocycles. The van der Waals surface area contributed by atoms with Crippen LogP contribution in [0.25, 0.3) is 0 Å². The Morgan fingerprint density at radius 3 is 2.67 bits per heavy atom. The van der Waals surface area contributed by atoms with E-state index in [1.54, 1.807) is 7.11 Å². The fourth-order valence-electron chi connectivity index (χ4n) is 1.41. The van der Waals surface area contributed by atoms with Gasteiger partial charge in [0.1, 0.15) is 0 Å². The van der Waals surface area contributed by atoms with Crippen LogP contribution in [0.1, 0.15) is 19.8 Å². The Morgan fingerprint density at radius 2 is 2.25 bits per heavy atom. The van der Waals surface area contributed by atoms with Gasteiger partial charge in [-0.15, -0.1) is 0 Å². The molecule has 0 spiro atoms. The van der Waals surface area contributed by atoms with Crippen LogP contribution in [-0.4, -0.2) is 49.0 Å². The Morgan fingerprint density at radius 1 is 1.58 bits per heavy atom. The third-order valence-corrected chi connectivity index (χ3v) is 2.14. The molecule has 1 rings (SSSR count). The van der Waals surface area contributed by atoms with Gasteiger partial charge < -0.3 is 9.84 Å². The molecule has 1 saturated carbocycles. The molecule has 0 radical (unpaired) electrons. The Kier molecular flexibility index (Phi) is 3.98. The average molecular weight is 173 g/mol. The SMILES string of the molecule is COCCN(CC(C)O)C1CC1. The van der Waals surface area contributed by atoms with E-state index in [0.717, 1.165) is 25.7 Å². The van der Waals surface area contributed by atoms with Crippen LogP contribution in [0.15, 0.2) is 0 Å². The Bertz CT molecular complexity index is 124. The molecule has 0 saturated heterocycles. The van der Waals surface area contributed by atoms with Crippen molar-refractivity contribution >= 4 is 0 Å². The van der Waals surface area contributed by atoms with Crippen molar-refractivity contribution in [2.75, 3.05) is 26.8 Å². The van der Waals surface area contributed by atoms with Crippen molar-refractivity contribution in [2.45, 2.75) is 31.9 Å². The van der Waals surface area contributed by atoms with Crippen LogP contribution in [0.5, 0.6) is 0 Å². The van der Waals surface area contributed by atoms with Gasteiger partial charge in [-0.25, -0.2) is 0 Å². The lowest BCUT2D eigenvalue weighted by molar-refractivity contribution is 0.0935. The molecule has 3 nitrogen and oxygen atoms in total. The first-order chi connectivity index (χ1) is 5.74. The van der Waals surface area contributed by atoms with E-state index in [1.165, 1.54) is 12.8 Å². The minimum atomic E-state index is -0.220. The van der Waals surface area contributed by atoms with Gasteiger partial charge in [0.25, 0.3) is 0 Å². The van der Waals surface area contributed by atoms with Gasteiger partial charge >= 0.3 is 0 Å². The molecule has 1 fully saturated rings. The van der Waals surface area contributed by atoms with Crippen LogP contribution in [0.2, 0.25) is 0 Å². The van der Waals surface area contributed by atoms with Crippen LogP contribution in [0, 0.1) is 0 Å². The van der Waals surface area contributed by atoms with Gasteiger partial charge in [-0.05, 0) is 19.8 Å². The van der Waals surface area contributed by atoms with Gasteiger partial charge in [0.2, 0.25) is 0 Å². The van der Waals surface area contributed by atoms with Gasteiger partial charge in [0, 0.05) is 26.2 Å². The second-order valence-corrected chi connectivity index (χ2v) is 3.57. The maximum absolute atomic E-state index is 9.22. The van der Waals surface area contributed by atoms with Crippen molar-refractivity contribution in [3.63, 3.8) is 0 Å². The molecule has 72 valence electrons. The van der Waals surface area contributed by atoms with Gasteiger partial charge in [0.15, 0.2) is 0 Å². The highest BCUT2D eigenvalue weighted by Gasteiger charge is 2.28. The minimum Gasteiger partial charge on any atom is -0.392 e. The van der Waals surface area contributed by atoms with Gasteiger partial charge in [-0.1, -0.05) is 0 Å². The van der Waals surface area contributed by atoms with E-state index in [-0.39, 0.29) is 6.10 Å². The second kappa shape index (κ2) is 4.80. The molecule has 0 aromatic heterocycles. The number of aliphatic hydroxyl groups excluding tert-OH is 1. The number of aliphatic hydroxyl groups is 1. The van der Waals surface area contributed by atoms with E-state index in [4.69, 9.17) is 4.74 Å². The summed E-state index contributed by atoms with van der Waals surface area (Å²) >= 11 is 0. The molecule has 12 heavy (non-hydrogen) atoms. The zero-order valence-electron chi connectivity index (χ0n) is 7.99. The highest BCUT2D eigenvalue weighted by Crippen LogP contribution is 2.26. The van der Waals surface area contributed by atoms with Crippen LogP contribution in [0.4, 0.5) is 0 Å². The fourth-order valence-corrected chi connectivity index (χ4v) is 1.41. The third-order valence-electron chi connectivity index (χ3n) is 2.14. The maximum atomic E-state index is 9.22. The Balaban J connectivity index is 2.18. The van der Waals surface area contributed by atoms with Crippen molar-refractivity contribution in [1.29, 1.82) is 0 Å². The van der Waals surface area contributed by atoms with Crippen LogP contribution in [-0.2, 0) is 4.74 Å². The van der Waals surface area contributed by atoms with Crippen molar-refractivity contribution in [3.8, 4) is 0 Å². The number of rotatable bonds is 6. The lowest BCUT2D eigenvalue weighted by atomic mass is 10.3. The van der Waals surface area contributed by atoms with Crippen LogP contribution < -0.4 is 0 Å². The molecular formula is C9H19NO2. The normalized spacial score (nSPS) is 20.0. The predicted molar refractivity (Wildman–Crippen MR) is 48.2 cm³/mol. The van der Waals surface area contributed by atoms with Crippen molar-refractivity contribution < 1.29 is 9.84 Å². The summed E-state index contributed by atoms with van der Waals surface area (Å²) in [6, 6.07) is 0.717. The van der Waals surface area contributed by atoms with E-state index in [2.05, 4.69) is 4.90 Å². The lowest BCUT2D eigenvalue weighted by Crippen LogP contribution is -2.35. The molecule has 3 heteroatoms. The molecule has 0 amide bonds. The molecule has 1 aliphatic rings. The molecule has 1 atom stereocenters. The topological polar surface area (TPSA) is 32.7 Å². The first-order valence-corrected chi connectivity index (χ1v) is 4.65. The van der Waals surface area contributed by atoms with Crippen molar-refractivity contribution in [2.24, 2.45) is 0 Å². The summed E-state index contributed by atoms with van der Waals surface area (Å²) in [7, 11) is 1.72. The molecule has 1 unspecified atom stereocenters. The molecule has 0 bridgehead atoms.